The summed E-state index contributed by atoms with van der Waals surface area (Å²) in [5, 5.41) is 0.731. The average Bonchev–Trinajstić information content (AvgIpc) is 3.11. The van der Waals surface area contributed by atoms with Crippen LogP contribution in [-0.4, -0.2) is 25.5 Å². The Morgan fingerprint density at radius 1 is 0.686 bits per heavy atom. The zero-order valence-electron chi connectivity index (χ0n) is 21.1. The van der Waals surface area contributed by atoms with Crippen molar-refractivity contribution in [2.45, 2.75) is 50.0 Å². The molecular weight excluding hydrogens is 456 g/mol. The molecule has 0 N–H and O–H groups in total. The van der Waals surface area contributed by atoms with Crippen molar-refractivity contribution >= 4 is 23.0 Å². The smallest absolute Gasteiger partial charge is 0.212 e. The third-order valence-electron chi connectivity index (χ3n) is 8.63. The van der Waals surface area contributed by atoms with E-state index in [4.69, 9.17) is 21.1 Å². The summed E-state index contributed by atoms with van der Waals surface area (Å²) in [6.45, 7) is 8.91. The van der Waals surface area contributed by atoms with Crippen molar-refractivity contribution < 1.29 is 9.47 Å². The summed E-state index contributed by atoms with van der Waals surface area (Å²) in [5.41, 5.74) is 2.76. The number of benzene rings is 2. The zero-order chi connectivity index (χ0) is 24.8. The monoisotopic (exact) mass is 486 g/mol. The minimum absolute atomic E-state index is 0.270. The number of hydrogen-bond acceptors (Lipinski definition) is 4. The molecule has 2 aromatic rings. The number of anilines is 2. The number of likely N-dealkylation sites (N-methyl/N-ethyl adjacent to an activating group) is 2. The maximum atomic E-state index is 6.92. The van der Waals surface area contributed by atoms with Crippen molar-refractivity contribution in [3.05, 3.63) is 107 Å². The lowest BCUT2D eigenvalue weighted by Crippen LogP contribution is -2.57. The fraction of sp³-hybridized carbons (Fsp3) is 0.333. The highest BCUT2D eigenvalue weighted by atomic mass is 35.5. The second-order valence-electron chi connectivity index (χ2n) is 10.9. The maximum Gasteiger partial charge on any atom is 0.212 e. The van der Waals surface area contributed by atoms with Crippen LogP contribution >= 0.6 is 11.6 Å². The standard InChI is InChI=1S/C30H31ClN2O2/c1-27(2)21-11-7-8-12-23(21)32(5)29(27)17-9-13-25(34-29)26-14-10-18-30(35-26)28(3,4)22-19-20(31)15-16-24(22)33(30)6/h7-19H,1-6H3. The number of ether oxygens (including phenoxy) is 2. The Bertz CT molecular complexity index is 1370. The topological polar surface area (TPSA) is 24.9 Å². The molecule has 0 aliphatic carbocycles. The molecule has 0 saturated carbocycles. The molecule has 4 aliphatic heterocycles. The lowest BCUT2D eigenvalue weighted by molar-refractivity contribution is -0.0438. The normalized spacial score (nSPS) is 29.0. The first-order valence-corrected chi connectivity index (χ1v) is 12.5. The van der Waals surface area contributed by atoms with Gasteiger partial charge in [0.1, 0.15) is 0 Å². The van der Waals surface area contributed by atoms with Crippen molar-refractivity contribution in [3.63, 3.8) is 0 Å². The van der Waals surface area contributed by atoms with Crippen LogP contribution in [0.3, 0.4) is 0 Å². The van der Waals surface area contributed by atoms with Crippen molar-refractivity contribution in [1.82, 2.24) is 0 Å². The fourth-order valence-electron chi connectivity index (χ4n) is 6.48. The Balaban J connectivity index is 1.37. The summed E-state index contributed by atoms with van der Waals surface area (Å²) in [6.07, 6.45) is 12.5. The minimum atomic E-state index is -0.706. The van der Waals surface area contributed by atoms with E-state index in [0.717, 1.165) is 22.2 Å². The third-order valence-corrected chi connectivity index (χ3v) is 8.87. The Kier molecular flexibility index (Phi) is 4.46. The summed E-state index contributed by atoms with van der Waals surface area (Å²) >= 11 is 6.39. The van der Waals surface area contributed by atoms with Gasteiger partial charge in [-0.05, 0) is 87.4 Å². The average molecular weight is 487 g/mol. The number of rotatable bonds is 1. The highest BCUT2D eigenvalue weighted by Gasteiger charge is 2.60. The van der Waals surface area contributed by atoms with Gasteiger partial charge >= 0.3 is 0 Å². The van der Waals surface area contributed by atoms with E-state index in [9.17, 15) is 0 Å². The lowest BCUT2D eigenvalue weighted by atomic mass is 9.76. The molecule has 0 bridgehead atoms. The van der Waals surface area contributed by atoms with E-state index in [-0.39, 0.29) is 10.8 Å². The molecule has 0 saturated heterocycles. The van der Waals surface area contributed by atoms with Crippen molar-refractivity contribution in [1.29, 1.82) is 0 Å². The van der Waals surface area contributed by atoms with Gasteiger partial charge in [-0.2, -0.15) is 0 Å². The molecule has 0 radical (unpaired) electrons. The van der Waals surface area contributed by atoms with Crippen LogP contribution in [0.5, 0.6) is 0 Å². The van der Waals surface area contributed by atoms with Crippen LogP contribution in [0.4, 0.5) is 11.4 Å². The largest absolute Gasteiger partial charge is 0.460 e. The highest BCUT2D eigenvalue weighted by Crippen LogP contribution is 2.57. The van der Waals surface area contributed by atoms with E-state index >= 15 is 0 Å². The first-order valence-electron chi connectivity index (χ1n) is 12.1. The van der Waals surface area contributed by atoms with Gasteiger partial charge < -0.3 is 19.3 Å². The van der Waals surface area contributed by atoms with E-state index in [1.165, 1.54) is 16.8 Å². The van der Waals surface area contributed by atoms with Gasteiger partial charge in [-0.3, -0.25) is 0 Å². The Labute approximate surface area is 212 Å². The second kappa shape index (κ2) is 6.98. The predicted octanol–water partition coefficient (Wildman–Crippen LogP) is 6.83. The van der Waals surface area contributed by atoms with Crippen molar-refractivity contribution in [3.8, 4) is 0 Å². The van der Waals surface area contributed by atoms with Crippen LogP contribution < -0.4 is 9.80 Å². The highest BCUT2D eigenvalue weighted by molar-refractivity contribution is 6.30. The van der Waals surface area contributed by atoms with Gasteiger partial charge in [0, 0.05) is 30.5 Å². The van der Waals surface area contributed by atoms with Crippen LogP contribution in [0.15, 0.2) is 90.4 Å². The number of halogens is 1. The van der Waals surface area contributed by atoms with Crippen LogP contribution in [0.25, 0.3) is 0 Å². The predicted molar refractivity (Wildman–Crippen MR) is 143 cm³/mol. The molecule has 2 aromatic carbocycles. The first kappa shape index (κ1) is 22.4. The molecule has 0 fully saturated rings. The molecule has 0 aromatic heterocycles. The minimum Gasteiger partial charge on any atom is -0.460 e. The van der Waals surface area contributed by atoms with Gasteiger partial charge in [-0.25, -0.2) is 0 Å². The molecule has 4 nitrogen and oxygen atoms in total. The molecule has 0 amide bonds. The van der Waals surface area contributed by atoms with Gasteiger partial charge in [-0.1, -0.05) is 42.0 Å². The van der Waals surface area contributed by atoms with Crippen molar-refractivity contribution in [2.75, 3.05) is 23.9 Å². The van der Waals surface area contributed by atoms with Crippen LogP contribution in [0.1, 0.15) is 38.8 Å². The van der Waals surface area contributed by atoms with E-state index in [2.05, 4.69) is 112 Å². The first-order chi connectivity index (χ1) is 16.6. The summed E-state index contributed by atoms with van der Waals surface area (Å²) < 4.78 is 13.8. The molecule has 180 valence electrons. The maximum absolute atomic E-state index is 6.92. The number of nitrogens with zero attached hydrogens (tertiary/aromatic N) is 2. The van der Waals surface area contributed by atoms with Gasteiger partial charge in [0.25, 0.3) is 0 Å². The molecule has 5 heteroatoms. The quantitative estimate of drug-likeness (QED) is 0.441. The number of para-hydroxylation sites is 1. The molecule has 4 heterocycles. The second-order valence-corrected chi connectivity index (χ2v) is 11.4. The van der Waals surface area contributed by atoms with Gasteiger partial charge in [0.15, 0.2) is 11.5 Å². The van der Waals surface area contributed by atoms with Gasteiger partial charge in [-0.15, -0.1) is 0 Å². The Morgan fingerprint density at radius 2 is 1.20 bits per heavy atom. The molecular formula is C30H31ClN2O2. The molecule has 4 aliphatic rings. The summed E-state index contributed by atoms with van der Waals surface area (Å²) in [6, 6.07) is 14.6. The number of fused-ring (bicyclic) bond motifs is 2. The Morgan fingerprint density at radius 3 is 1.77 bits per heavy atom. The SMILES string of the molecule is CN1c2ccccc2C(C)(C)C12C=CC=C(C1=CC=CC3(O1)N(C)c1ccc(Cl)cc1C3(C)C)O2. The van der Waals surface area contributed by atoms with E-state index in [0.29, 0.717) is 0 Å². The summed E-state index contributed by atoms with van der Waals surface area (Å²) in [7, 11) is 4.18. The number of hydrogen-bond donors (Lipinski definition) is 0. The van der Waals surface area contributed by atoms with Crippen LogP contribution in [0, 0.1) is 0 Å². The zero-order valence-corrected chi connectivity index (χ0v) is 21.9. The Hall–Kier alpha value is -3.11. The summed E-state index contributed by atoms with van der Waals surface area (Å²) in [5.74, 6) is 1.44. The molecule has 6 rings (SSSR count). The van der Waals surface area contributed by atoms with E-state index in [1.54, 1.807) is 0 Å². The van der Waals surface area contributed by atoms with Gasteiger partial charge in [0.2, 0.25) is 11.4 Å². The molecule has 2 spiro atoms. The molecule has 2 unspecified atom stereocenters. The summed E-state index contributed by atoms with van der Waals surface area (Å²) in [4.78, 5) is 4.45. The number of allylic oxidation sites excluding steroid dienone is 4. The van der Waals surface area contributed by atoms with Crippen LogP contribution in [-0.2, 0) is 20.3 Å². The lowest BCUT2D eigenvalue weighted by Gasteiger charge is -2.48. The van der Waals surface area contributed by atoms with Crippen molar-refractivity contribution in [2.24, 2.45) is 0 Å². The fourth-order valence-corrected chi connectivity index (χ4v) is 6.65. The van der Waals surface area contributed by atoms with Gasteiger partial charge in [0.05, 0.1) is 10.8 Å². The van der Waals surface area contributed by atoms with E-state index in [1.807, 2.05) is 18.2 Å². The van der Waals surface area contributed by atoms with E-state index < -0.39 is 11.4 Å². The molecule has 35 heavy (non-hydrogen) atoms. The molecule has 2 atom stereocenters. The van der Waals surface area contributed by atoms with Crippen LogP contribution in [0.2, 0.25) is 5.02 Å². The third kappa shape index (κ3) is 2.64.